The van der Waals surface area contributed by atoms with Crippen molar-refractivity contribution in [2.75, 3.05) is 51.5 Å². The zero-order valence-electron chi connectivity index (χ0n) is 26.0. The van der Waals surface area contributed by atoms with Crippen LogP contribution in [0.5, 0.6) is 5.75 Å². The first-order valence-electron chi connectivity index (χ1n) is 14.7. The van der Waals surface area contributed by atoms with Crippen LogP contribution in [0.3, 0.4) is 0 Å². The Bertz CT molecular complexity index is 1760. The first-order valence-corrected chi connectivity index (χ1v) is 16.2. The summed E-state index contributed by atoms with van der Waals surface area (Å²) in [7, 11) is 1.89. The number of nitrogens with zero attached hydrogens (tertiary/aromatic N) is 5. The molecule has 2 aromatic carbocycles. The largest absolute Gasteiger partial charge is 0.495 e. The van der Waals surface area contributed by atoms with Gasteiger partial charge in [-0.25, -0.2) is 8.42 Å². The number of nitrogens with one attached hydrogen (secondary N) is 3. The lowest BCUT2D eigenvalue weighted by molar-refractivity contribution is -0.132. The number of ether oxygens (including phenoxy) is 1. The molecule has 234 valence electrons. The van der Waals surface area contributed by atoms with Gasteiger partial charge in [0.2, 0.25) is 11.9 Å². The number of rotatable bonds is 10. The van der Waals surface area contributed by atoms with Crippen LogP contribution < -0.4 is 15.4 Å². The third-order valence-electron chi connectivity index (χ3n) is 7.95. The number of piperidine rings is 1. The van der Waals surface area contributed by atoms with E-state index in [1.165, 1.54) is 5.56 Å². The van der Waals surface area contributed by atoms with E-state index in [1.807, 2.05) is 30.0 Å². The molecule has 44 heavy (non-hydrogen) atoms. The molecule has 5 rings (SSSR count). The zero-order chi connectivity index (χ0) is 31.6. The van der Waals surface area contributed by atoms with E-state index in [4.69, 9.17) is 9.72 Å². The Balaban J connectivity index is 1.41. The fourth-order valence-electron chi connectivity index (χ4n) is 5.53. The Hall–Kier alpha value is -4.23. The molecule has 4 aromatic rings. The molecule has 0 bridgehead atoms. The van der Waals surface area contributed by atoms with Gasteiger partial charge in [-0.15, -0.1) is 0 Å². The number of anilines is 4. The molecule has 0 saturated carbocycles. The maximum Gasteiger partial charge on any atom is 0.236 e. The van der Waals surface area contributed by atoms with E-state index < -0.39 is 15.1 Å². The van der Waals surface area contributed by atoms with Gasteiger partial charge in [0.1, 0.15) is 11.6 Å². The molecule has 1 amide bonds. The predicted molar refractivity (Wildman–Crippen MR) is 172 cm³/mol. The number of hydrogen-bond donors (Lipinski definition) is 3. The van der Waals surface area contributed by atoms with Crippen LogP contribution in [-0.2, 0) is 14.6 Å². The molecule has 0 atom stereocenters. The van der Waals surface area contributed by atoms with E-state index in [-0.39, 0.29) is 16.8 Å². The number of carbonyl (C=O) groups is 1. The van der Waals surface area contributed by atoms with Crippen molar-refractivity contribution in [3.8, 4) is 5.75 Å². The number of aromatic nitrogens is 4. The van der Waals surface area contributed by atoms with Crippen LogP contribution in [0, 0.1) is 6.92 Å². The van der Waals surface area contributed by atoms with Crippen molar-refractivity contribution in [3.63, 3.8) is 0 Å². The Labute approximate surface area is 258 Å². The van der Waals surface area contributed by atoms with Gasteiger partial charge in [-0.1, -0.05) is 12.1 Å². The Morgan fingerprint density at radius 1 is 1.11 bits per heavy atom. The highest BCUT2D eigenvalue weighted by atomic mass is 32.2. The Morgan fingerprint density at radius 2 is 1.84 bits per heavy atom. The van der Waals surface area contributed by atoms with Crippen LogP contribution in [0.15, 0.2) is 47.5 Å². The second kappa shape index (κ2) is 12.8. The maximum atomic E-state index is 13.1. The number of likely N-dealkylation sites (tertiary alicyclic amines) is 1. The fourth-order valence-corrected chi connectivity index (χ4v) is 6.73. The van der Waals surface area contributed by atoms with E-state index in [9.17, 15) is 13.2 Å². The summed E-state index contributed by atoms with van der Waals surface area (Å²) in [5.41, 5.74) is 3.89. The zero-order valence-corrected chi connectivity index (χ0v) is 26.8. The molecule has 3 heterocycles. The van der Waals surface area contributed by atoms with Crippen molar-refractivity contribution in [1.82, 2.24) is 30.0 Å². The number of amides is 1. The number of aromatic amines is 1. The normalized spacial score (nSPS) is 14.4. The monoisotopic (exact) mass is 620 g/mol. The number of benzene rings is 2. The van der Waals surface area contributed by atoms with Crippen molar-refractivity contribution >= 4 is 49.9 Å². The van der Waals surface area contributed by atoms with Crippen LogP contribution in [-0.4, -0.2) is 90.4 Å². The number of sulfone groups is 1. The minimum atomic E-state index is -3.55. The van der Waals surface area contributed by atoms with Gasteiger partial charge in [0.15, 0.2) is 15.5 Å². The van der Waals surface area contributed by atoms with Crippen LogP contribution >= 0.6 is 0 Å². The summed E-state index contributed by atoms with van der Waals surface area (Å²) >= 11 is 0. The molecule has 0 unspecified atom stereocenters. The molecule has 2 aromatic heterocycles. The van der Waals surface area contributed by atoms with Gasteiger partial charge < -0.3 is 25.2 Å². The van der Waals surface area contributed by atoms with Crippen LogP contribution in [0.2, 0.25) is 0 Å². The predicted octanol–water partition coefficient (Wildman–Crippen LogP) is 4.61. The van der Waals surface area contributed by atoms with Crippen molar-refractivity contribution in [1.29, 1.82) is 0 Å². The fraction of sp³-hybridized carbons (Fsp3) is 0.419. The maximum absolute atomic E-state index is 13.1. The average molecular weight is 621 g/mol. The van der Waals surface area contributed by atoms with Crippen LogP contribution in [0.25, 0.3) is 11.0 Å². The highest BCUT2D eigenvalue weighted by Gasteiger charge is 2.27. The van der Waals surface area contributed by atoms with Gasteiger partial charge in [-0.2, -0.15) is 15.1 Å². The van der Waals surface area contributed by atoms with Gasteiger partial charge in [-0.05, 0) is 89.0 Å². The van der Waals surface area contributed by atoms with Gasteiger partial charge in [0.25, 0.3) is 0 Å². The van der Waals surface area contributed by atoms with Gasteiger partial charge in [0.05, 0.1) is 46.8 Å². The first-order chi connectivity index (χ1) is 21.0. The van der Waals surface area contributed by atoms with Crippen molar-refractivity contribution < 1.29 is 17.9 Å². The number of carbonyl (C=O) groups excluding carboxylic acids is 1. The van der Waals surface area contributed by atoms with E-state index in [1.54, 1.807) is 51.4 Å². The number of aryl methyl sites for hydroxylation is 1. The molecule has 0 aliphatic carbocycles. The number of hydrogen-bond acceptors (Lipinski definition) is 10. The summed E-state index contributed by atoms with van der Waals surface area (Å²) in [6.45, 7) is 7.27. The highest BCUT2D eigenvalue weighted by molar-refractivity contribution is 7.92. The molecule has 1 aliphatic rings. The van der Waals surface area contributed by atoms with E-state index >= 15 is 0 Å². The summed E-state index contributed by atoms with van der Waals surface area (Å²) in [4.78, 5) is 25.9. The van der Waals surface area contributed by atoms with Crippen molar-refractivity contribution in [2.24, 2.45) is 0 Å². The van der Waals surface area contributed by atoms with Crippen molar-refractivity contribution in [2.45, 2.75) is 49.7 Å². The lowest BCUT2D eigenvalue weighted by Gasteiger charge is -2.33. The topological polar surface area (TPSA) is 145 Å². The second-order valence-electron chi connectivity index (χ2n) is 11.7. The lowest BCUT2D eigenvalue weighted by Crippen LogP contribution is -2.42. The van der Waals surface area contributed by atoms with Crippen LogP contribution in [0.1, 0.15) is 43.7 Å². The number of likely N-dealkylation sites (N-methyl/N-ethyl adjacent to an activating group) is 1. The van der Waals surface area contributed by atoms with E-state index in [0.29, 0.717) is 46.4 Å². The first kappa shape index (κ1) is 31.2. The standard InChI is InChI=1S/C31H40N8O4S/c1-19(2)44(41,42)27-10-8-7-9-24(27)33-29-23-17-32-37-30(23)36-31(35-29)34-25-15-20(3)22(16-26(25)43-6)21-11-13-39(14-12-21)28(40)18-38(4)5/h7-10,15-17,19,21H,11-14,18H2,1-6H3,(H3,32,33,34,35,36,37). The van der Waals surface area contributed by atoms with Gasteiger partial charge >= 0.3 is 0 Å². The quantitative estimate of drug-likeness (QED) is 0.230. The smallest absolute Gasteiger partial charge is 0.236 e. The van der Waals surface area contributed by atoms with Crippen LogP contribution in [0.4, 0.5) is 23.1 Å². The lowest BCUT2D eigenvalue weighted by atomic mass is 9.86. The Morgan fingerprint density at radius 3 is 2.52 bits per heavy atom. The summed E-state index contributed by atoms with van der Waals surface area (Å²) in [5.74, 6) is 1.81. The molecule has 13 heteroatoms. The third kappa shape index (κ3) is 6.48. The number of para-hydroxylation sites is 1. The highest BCUT2D eigenvalue weighted by Crippen LogP contribution is 2.38. The number of H-pyrrole nitrogens is 1. The molecular formula is C31H40N8O4S. The Kier molecular flexibility index (Phi) is 9.07. The summed E-state index contributed by atoms with van der Waals surface area (Å²) in [5, 5.41) is 13.5. The molecular weight excluding hydrogens is 580 g/mol. The van der Waals surface area contributed by atoms with E-state index in [2.05, 4.69) is 38.8 Å². The summed E-state index contributed by atoms with van der Waals surface area (Å²) in [6.07, 6.45) is 3.37. The number of methoxy groups -OCH3 is 1. The summed E-state index contributed by atoms with van der Waals surface area (Å²) < 4.78 is 31.9. The molecule has 0 radical (unpaired) electrons. The van der Waals surface area contributed by atoms with E-state index in [0.717, 1.165) is 31.5 Å². The van der Waals surface area contributed by atoms with Gasteiger partial charge in [-0.3, -0.25) is 9.89 Å². The average Bonchev–Trinajstić information content (AvgIpc) is 3.46. The van der Waals surface area contributed by atoms with Crippen molar-refractivity contribution in [3.05, 3.63) is 53.7 Å². The minimum absolute atomic E-state index is 0.162. The third-order valence-corrected chi connectivity index (χ3v) is 10.2. The molecule has 3 N–H and O–H groups in total. The summed E-state index contributed by atoms with van der Waals surface area (Å²) in [6, 6.07) is 10.9. The minimum Gasteiger partial charge on any atom is -0.495 e. The second-order valence-corrected chi connectivity index (χ2v) is 14.1. The molecule has 12 nitrogen and oxygen atoms in total. The molecule has 1 saturated heterocycles. The molecule has 1 aliphatic heterocycles. The number of fused-ring (bicyclic) bond motifs is 1. The SMILES string of the molecule is COc1cc(C2CCN(C(=O)CN(C)C)CC2)c(C)cc1Nc1nc(Nc2ccccc2S(=O)(=O)C(C)C)c2cn[nH]c2n1. The molecule has 1 fully saturated rings. The van der Waals surface area contributed by atoms with Gasteiger partial charge in [0, 0.05) is 13.1 Å². The molecule has 0 spiro atoms.